The Balaban J connectivity index is 2.69. The van der Waals surface area contributed by atoms with Crippen molar-refractivity contribution in [1.29, 1.82) is 0 Å². The zero-order valence-electron chi connectivity index (χ0n) is 10.2. The van der Waals surface area contributed by atoms with E-state index in [9.17, 15) is 13.8 Å². The van der Waals surface area contributed by atoms with Gasteiger partial charge in [-0.2, -0.15) is 0 Å². The van der Waals surface area contributed by atoms with Crippen LogP contribution < -0.4 is 5.32 Å². The molecule has 1 aromatic carbocycles. The number of carboxylic acids is 1. The molecule has 6 heteroatoms. The first-order valence-electron chi connectivity index (χ1n) is 5.59. The molecule has 0 aliphatic carbocycles. The summed E-state index contributed by atoms with van der Waals surface area (Å²) in [4.78, 5) is 22.8. The molecule has 0 unspecified atom stereocenters. The molecule has 0 aliphatic heterocycles. The zero-order valence-corrected chi connectivity index (χ0v) is 11.1. The fraction of sp³-hybridized carbons (Fsp3) is 0.231. The van der Waals surface area contributed by atoms with Crippen LogP contribution in [0.15, 0.2) is 43.0 Å². The van der Waals surface area contributed by atoms with E-state index >= 15 is 0 Å². The van der Waals surface area contributed by atoms with Crippen LogP contribution in [0.5, 0.6) is 0 Å². The first kappa shape index (κ1) is 15.1. The SMILES string of the molecule is C=CC[S@@](=O)C[C@@H](NC(=O)c1ccccc1)C(=O)O. The van der Waals surface area contributed by atoms with Crippen LogP contribution in [0.3, 0.4) is 0 Å². The molecule has 0 aliphatic rings. The van der Waals surface area contributed by atoms with Crippen LogP contribution in [0.4, 0.5) is 0 Å². The molecule has 0 fully saturated rings. The maximum Gasteiger partial charge on any atom is 0.327 e. The molecule has 102 valence electrons. The zero-order chi connectivity index (χ0) is 14.3. The van der Waals surface area contributed by atoms with Gasteiger partial charge in [-0.25, -0.2) is 4.79 Å². The second-order valence-electron chi connectivity index (χ2n) is 3.79. The topological polar surface area (TPSA) is 83.5 Å². The molecule has 1 amide bonds. The predicted molar refractivity (Wildman–Crippen MR) is 73.4 cm³/mol. The van der Waals surface area contributed by atoms with E-state index in [4.69, 9.17) is 5.11 Å². The number of nitrogens with one attached hydrogen (secondary N) is 1. The van der Waals surface area contributed by atoms with Crippen molar-refractivity contribution in [3.05, 3.63) is 48.6 Å². The van der Waals surface area contributed by atoms with Crippen molar-refractivity contribution < 1.29 is 18.9 Å². The van der Waals surface area contributed by atoms with E-state index < -0.39 is 28.7 Å². The van der Waals surface area contributed by atoms with Crippen LogP contribution in [-0.2, 0) is 15.6 Å². The normalized spacial score (nSPS) is 13.3. The number of hydrogen-bond donors (Lipinski definition) is 2. The van der Waals surface area contributed by atoms with Crippen molar-refractivity contribution in [2.24, 2.45) is 0 Å². The minimum absolute atomic E-state index is 0.139. The quantitative estimate of drug-likeness (QED) is 0.724. The first-order valence-corrected chi connectivity index (χ1v) is 7.08. The summed E-state index contributed by atoms with van der Waals surface area (Å²) in [6.45, 7) is 3.43. The lowest BCUT2D eigenvalue weighted by molar-refractivity contribution is -0.138. The molecule has 1 aromatic rings. The molecular weight excluding hydrogens is 266 g/mol. The summed E-state index contributed by atoms with van der Waals surface area (Å²) in [7, 11) is -1.36. The van der Waals surface area contributed by atoms with E-state index in [-0.39, 0.29) is 11.5 Å². The maximum absolute atomic E-state index is 11.8. The summed E-state index contributed by atoms with van der Waals surface area (Å²) in [6.07, 6.45) is 1.45. The molecule has 0 spiro atoms. The molecule has 0 saturated carbocycles. The van der Waals surface area contributed by atoms with Gasteiger partial charge in [0.2, 0.25) is 0 Å². The van der Waals surface area contributed by atoms with E-state index in [1.807, 2.05) is 0 Å². The Hall–Kier alpha value is -1.95. The monoisotopic (exact) mass is 281 g/mol. The van der Waals surface area contributed by atoms with Crippen molar-refractivity contribution in [2.75, 3.05) is 11.5 Å². The number of carbonyl (C=O) groups is 2. The van der Waals surface area contributed by atoms with Crippen LogP contribution in [0, 0.1) is 0 Å². The van der Waals surface area contributed by atoms with E-state index in [0.717, 1.165) is 0 Å². The minimum atomic E-state index is -1.36. The highest BCUT2D eigenvalue weighted by molar-refractivity contribution is 7.85. The third kappa shape index (κ3) is 5.05. The van der Waals surface area contributed by atoms with E-state index in [0.29, 0.717) is 5.56 Å². The lowest BCUT2D eigenvalue weighted by Crippen LogP contribution is -2.44. The van der Waals surface area contributed by atoms with Crippen molar-refractivity contribution in [1.82, 2.24) is 5.32 Å². The average Bonchev–Trinajstić information content (AvgIpc) is 2.39. The van der Waals surface area contributed by atoms with Gasteiger partial charge in [-0.05, 0) is 12.1 Å². The molecule has 2 N–H and O–H groups in total. The van der Waals surface area contributed by atoms with Gasteiger partial charge >= 0.3 is 5.97 Å². The summed E-state index contributed by atoms with van der Waals surface area (Å²) in [5.74, 6) is -1.64. The van der Waals surface area contributed by atoms with Crippen LogP contribution in [-0.4, -0.2) is 38.7 Å². The molecule has 0 saturated heterocycles. The summed E-state index contributed by atoms with van der Waals surface area (Å²) in [5.41, 5.74) is 0.364. The van der Waals surface area contributed by atoms with Crippen molar-refractivity contribution in [3.63, 3.8) is 0 Å². The van der Waals surface area contributed by atoms with Gasteiger partial charge in [-0.3, -0.25) is 9.00 Å². The van der Waals surface area contributed by atoms with Crippen LogP contribution in [0.2, 0.25) is 0 Å². The lowest BCUT2D eigenvalue weighted by Gasteiger charge is -2.13. The smallest absolute Gasteiger partial charge is 0.327 e. The largest absolute Gasteiger partial charge is 0.480 e. The molecule has 5 nitrogen and oxygen atoms in total. The summed E-state index contributed by atoms with van der Waals surface area (Å²) in [5, 5.41) is 11.4. The highest BCUT2D eigenvalue weighted by Gasteiger charge is 2.22. The second-order valence-corrected chi connectivity index (χ2v) is 5.34. The van der Waals surface area contributed by atoms with Crippen LogP contribution in [0.1, 0.15) is 10.4 Å². The Morgan fingerprint density at radius 1 is 1.37 bits per heavy atom. The highest BCUT2D eigenvalue weighted by Crippen LogP contribution is 2.00. The molecule has 1 rings (SSSR count). The lowest BCUT2D eigenvalue weighted by atomic mass is 10.2. The molecule has 0 aromatic heterocycles. The molecule has 2 atom stereocenters. The van der Waals surface area contributed by atoms with Crippen molar-refractivity contribution in [2.45, 2.75) is 6.04 Å². The molecule has 0 heterocycles. The molecule has 0 bridgehead atoms. The predicted octanol–water partition coefficient (Wildman–Crippen LogP) is 0.804. The van der Waals surface area contributed by atoms with E-state index in [1.54, 1.807) is 30.3 Å². The standard InChI is InChI=1S/C13H15NO4S/c1-2-8-19(18)9-11(13(16)17)14-12(15)10-6-4-3-5-7-10/h2-7,11H,1,8-9H2,(H,14,15)(H,16,17)/t11-,19-/m1/s1. The van der Waals surface area contributed by atoms with E-state index in [2.05, 4.69) is 11.9 Å². The Labute approximate surface area is 113 Å². The number of benzene rings is 1. The average molecular weight is 281 g/mol. The summed E-state index contributed by atoms with van der Waals surface area (Å²) in [6, 6.07) is 7.10. The first-order chi connectivity index (χ1) is 9.04. The van der Waals surface area contributed by atoms with Gasteiger partial charge in [-0.1, -0.05) is 24.3 Å². The number of carbonyl (C=O) groups excluding carboxylic acids is 1. The third-order valence-corrected chi connectivity index (χ3v) is 3.61. The maximum atomic E-state index is 11.8. The number of carboxylic acid groups (broad SMARTS) is 1. The van der Waals surface area contributed by atoms with E-state index in [1.165, 1.54) is 6.08 Å². The van der Waals surface area contributed by atoms with Crippen LogP contribution >= 0.6 is 0 Å². The van der Waals surface area contributed by atoms with Crippen molar-refractivity contribution in [3.8, 4) is 0 Å². The number of amides is 1. The summed E-state index contributed by atoms with van der Waals surface area (Å²) < 4.78 is 11.5. The Bertz CT molecular complexity index is 487. The minimum Gasteiger partial charge on any atom is -0.480 e. The highest BCUT2D eigenvalue weighted by atomic mass is 32.2. The number of aliphatic carboxylic acids is 1. The second kappa shape index (κ2) is 7.48. The Morgan fingerprint density at radius 3 is 2.53 bits per heavy atom. The van der Waals surface area contributed by atoms with Gasteiger partial charge in [0.25, 0.3) is 5.91 Å². The third-order valence-electron chi connectivity index (χ3n) is 2.30. The van der Waals surface area contributed by atoms with Crippen molar-refractivity contribution >= 4 is 22.7 Å². The fourth-order valence-corrected chi connectivity index (χ4v) is 2.39. The van der Waals surface area contributed by atoms with Gasteiger partial charge in [0.15, 0.2) is 0 Å². The molecule has 0 radical (unpaired) electrons. The van der Waals surface area contributed by atoms with Gasteiger partial charge in [-0.15, -0.1) is 6.58 Å². The summed E-state index contributed by atoms with van der Waals surface area (Å²) >= 11 is 0. The Kier molecular flexibility index (Phi) is 5.95. The number of hydrogen-bond acceptors (Lipinski definition) is 3. The van der Waals surface area contributed by atoms with Gasteiger partial charge < -0.3 is 10.4 Å². The molecule has 19 heavy (non-hydrogen) atoms. The van der Waals surface area contributed by atoms with Gasteiger partial charge in [0, 0.05) is 22.1 Å². The Morgan fingerprint density at radius 2 is 2.00 bits per heavy atom. The van der Waals surface area contributed by atoms with Gasteiger partial charge in [0.1, 0.15) is 6.04 Å². The van der Waals surface area contributed by atoms with Crippen LogP contribution in [0.25, 0.3) is 0 Å². The molecular formula is C13H15NO4S. The number of rotatable bonds is 7. The fourth-order valence-electron chi connectivity index (χ4n) is 1.39. The van der Waals surface area contributed by atoms with Gasteiger partial charge in [0.05, 0.1) is 5.75 Å².